The number of carbonyl (C=O) groups excluding carboxylic acids is 1. The normalized spacial score (nSPS) is 14.5. The molecule has 3 aromatic carbocycles. The molecule has 0 bridgehead atoms. The highest BCUT2D eigenvalue weighted by atomic mass is 127. The summed E-state index contributed by atoms with van der Waals surface area (Å²) >= 11 is 8.81. The van der Waals surface area contributed by atoms with Gasteiger partial charge in [0.2, 0.25) is 0 Å². The Balaban J connectivity index is 1.41. The lowest BCUT2D eigenvalue weighted by Gasteiger charge is -2.35. The topological polar surface area (TPSA) is 70.1 Å². The van der Waals surface area contributed by atoms with Crippen LogP contribution in [0.5, 0.6) is 17.2 Å². The Morgan fingerprint density at radius 2 is 1.87 bits per heavy atom. The predicted octanol–water partition coefficient (Wildman–Crippen LogP) is 8.81. The first-order chi connectivity index (χ1) is 21.4. The fourth-order valence-electron chi connectivity index (χ4n) is 5.60. The maximum Gasteiger partial charge on any atom is 0.410 e. The number of benzene rings is 3. The third kappa shape index (κ3) is 6.14. The van der Waals surface area contributed by atoms with Gasteiger partial charge in [0.05, 0.1) is 17.7 Å². The minimum Gasteiger partial charge on any atom is -0.497 e. The Hall–Kier alpha value is -3.64. The molecule has 45 heavy (non-hydrogen) atoms. The lowest BCUT2D eigenvalue weighted by atomic mass is 9.88. The minimum absolute atomic E-state index is 0.00326. The molecule has 2 aliphatic rings. The van der Waals surface area contributed by atoms with Gasteiger partial charge in [0.15, 0.2) is 11.6 Å². The van der Waals surface area contributed by atoms with E-state index in [4.69, 9.17) is 30.5 Å². The van der Waals surface area contributed by atoms with Gasteiger partial charge in [-0.25, -0.2) is 18.6 Å². The summed E-state index contributed by atoms with van der Waals surface area (Å²) < 4.78 is 55.5. The summed E-state index contributed by atoms with van der Waals surface area (Å²) in [6, 6.07) is 13.2. The highest BCUT2D eigenvalue weighted by Gasteiger charge is 2.34. The van der Waals surface area contributed by atoms with Crippen LogP contribution in [-0.2, 0) is 11.3 Å². The zero-order valence-electron chi connectivity index (χ0n) is 25.1. The van der Waals surface area contributed by atoms with Crippen LogP contribution in [0.2, 0.25) is 5.02 Å². The summed E-state index contributed by atoms with van der Waals surface area (Å²) in [5, 5.41) is 0.454. The van der Waals surface area contributed by atoms with Crippen molar-refractivity contribution in [1.82, 2.24) is 9.88 Å². The van der Waals surface area contributed by atoms with Gasteiger partial charge >= 0.3 is 6.09 Å². The van der Waals surface area contributed by atoms with Crippen LogP contribution in [0.1, 0.15) is 38.3 Å². The first kappa shape index (κ1) is 31.3. The van der Waals surface area contributed by atoms with Gasteiger partial charge in [-0.05, 0) is 96.8 Å². The minimum atomic E-state index is -0.767. The predicted molar refractivity (Wildman–Crippen MR) is 177 cm³/mol. The van der Waals surface area contributed by atoms with Crippen molar-refractivity contribution in [3.8, 4) is 28.4 Å². The highest BCUT2D eigenvalue weighted by molar-refractivity contribution is 14.1. The Morgan fingerprint density at radius 3 is 2.58 bits per heavy atom. The Bertz CT molecular complexity index is 1860. The lowest BCUT2D eigenvalue weighted by Crippen LogP contribution is -2.42. The molecule has 7 nitrogen and oxygen atoms in total. The third-order valence-corrected chi connectivity index (χ3v) is 8.68. The largest absolute Gasteiger partial charge is 0.497 e. The zero-order valence-corrected chi connectivity index (χ0v) is 28.0. The Morgan fingerprint density at radius 1 is 1.11 bits per heavy atom. The van der Waals surface area contributed by atoms with Crippen molar-refractivity contribution < 1.29 is 32.5 Å². The molecule has 0 saturated carbocycles. The molecule has 2 aliphatic heterocycles. The van der Waals surface area contributed by atoms with Crippen molar-refractivity contribution in [2.75, 3.05) is 26.8 Å². The summed E-state index contributed by atoms with van der Waals surface area (Å²) in [7, 11) is 1.58. The molecule has 0 aliphatic carbocycles. The monoisotopic (exact) mass is 746 g/mol. The smallest absolute Gasteiger partial charge is 0.410 e. The Kier molecular flexibility index (Phi) is 8.55. The van der Waals surface area contributed by atoms with E-state index < -0.39 is 23.3 Å². The van der Waals surface area contributed by atoms with Gasteiger partial charge < -0.3 is 23.8 Å². The SMILES string of the molecule is COc1ccc(COc2cccc(F)c2-c2c(Cl)cc3c4c(c(I)nc3c2F)OCC2=C4CCN(C(=O)OC(C)(C)C)C2)cc1. The van der Waals surface area contributed by atoms with Crippen LogP contribution in [0, 0.1) is 15.3 Å². The second kappa shape index (κ2) is 12.3. The van der Waals surface area contributed by atoms with Crippen LogP contribution >= 0.6 is 34.2 Å². The van der Waals surface area contributed by atoms with Crippen molar-refractivity contribution in [3.63, 3.8) is 0 Å². The molecule has 1 amide bonds. The summed E-state index contributed by atoms with van der Waals surface area (Å²) in [4.78, 5) is 19.0. The molecule has 0 unspecified atom stereocenters. The molecule has 0 atom stereocenters. The molecule has 11 heteroatoms. The molecule has 6 rings (SSSR count). The number of methoxy groups -OCH3 is 1. The number of amides is 1. The van der Waals surface area contributed by atoms with Crippen LogP contribution < -0.4 is 14.2 Å². The van der Waals surface area contributed by atoms with Crippen LogP contribution in [0.4, 0.5) is 13.6 Å². The van der Waals surface area contributed by atoms with Gasteiger partial charge in [0.25, 0.3) is 0 Å². The molecule has 0 N–H and O–H groups in total. The first-order valence-electron chi connectivity index (χ1n) is 14.3. The number of hydrogen-bond donors (Lipinski definition) is 0. The van der Waals surface area contributed by atoms with Gasteiger partial charge in [-0.2, -0.15) is 0 Å². The molecular weight excluding hydrogens is 717 g/mol. The summed E-state index contributed by atoms with van der Waals surface area (Å²) in [6.07, 6.45) is 0.111. The number of rotatable bonds is 5. The van der Waals surface area contributed by atoms with Crippen LogP contribution in [-0.4, -0.2) is 48.4 Å². The van der Waals surface area contributed by atoms with E-state index in [1.165, 1.54) is 12.1 Å². The third-order valence-electron chi connectivity index (χ3n) is 7.65. The van der Waals surface area contributed by atoms with Crippen molar-refractivity contribution in [1.29, 1.82) is 0 Å². The van der Waals surface area contributed by atoms with E-state index in [9.17, 15) is 4.79 Å². The number of hydrogen-bond acceptors (Lipinski definition) is 6. The van der Waals surface area contributed by atoms with Crippen LogP contribution in [0.15, 0.2) is 54.1 Å². The maximum atomic E-state index is 16.6. The molecule has 3 heterocycles. The van der Waals surface area contributed by atoms with E-state index in [0.29, 0.717) is 45.7 Å². The average molecular weight is 747 g/mol. The fourth-order valence-corrected chi connectivity index (χ4v) is 6.55. The van der Waals surface area contributed by atoms with E-state index in [1.807, 2.05) is 55.5 Å². The Labute approximate surface area is 278 Å². The maximum absolute atomic E-state index is 16.6. The number of carbonyl (C=O) groups is 1. The molecule has 4 aromatic rings. The quantitative estimate of drug-likeness (QED) is 0.150. The molecule has 0 spiro atoms. The molecule has 0 fully saturated rings. The van der Waals surface area contributed by atoms with Crippen LogP contribution in [0.25, 0.3) is 27.6 Å². The fraction of sp³-hybridized carbons (Fsp3) is 0.294. The van der Waals surface area contributed by atoms with Gasteiger partial charge in [0.1, 0.15) is 45.3 Å². The molecule has 234 valence electrons. The molecule has 0 radical (unpaired) electrons. The second-order valence-corrected chi connectivity index (χ2v) is 13.3. The van der Waals surface area contributed by atoms with E-state index in [-0.39, 0.29) is 40.6 Å². The molecule has 1 aromatic heterocycles. The van der Waals surface area contributed by atoms with Gasteiger partial charge in [0, 0.05) is 29.6 Å². The van der Waals surface area contributed by atoms with Gasteiger partial charge in [-0.15, -0.1) is 0 Å². The van der Waals surface area contributed by atoms with E-state index in [2.05, 4.69) is 4.98 Å². The standard InChI is InChI=1S/C34H30ClF2IN2O5/c1-34(2,3)45-33(41)40-13-12-21-19(15-40)17-44-31-26(21)22-14-23(35)27(29(37)30(22)39-32(31)38)28-24(36)6-5-7-25(28)43-16-18-8-10-20(42-4)11-9-18/h5-11,14H,12-13,15-17H2,1-4H3. The number of nitrogens with zero attached hydrogens (tertiary/aromatic N) is 2. The van der Waals surface area contributed by atoms with Gasteiger partial charge in [-0.3, -0.25) is 0 Å². The van der Waals surface area contributed by atoms with E-state index >= 15 is 8.78 Å². The summed E-state index contributed by atoms with van der Waals surface area (Å²) in [5.74, 6) is -0.0810. The number of fused-ring (bicyclic) bond motifs is 4. The van der Waals surface area contributed by atoms with Crippen molar-refractivity contribution in [2.45, 2.75) is 39.4 Å². The van der Waals surface area contributed by atoms with Crippen molar-refractivity contribution in [2.24, 2.45) is 0 Å². The van der Waals surface area contributed by atoms with E-state index in [0.717, 1.165) is 16.7 Å². The average Bonchev–Trinajstić information content (AvgIpc) is 3.00. The number of pyridine rings is 1. The summed E-state index contributed by atoms with van der Waals surface area (Å²) in [5.41, 5.74) is 2.55. The highest BCUT2D eigenvalue weighted by Crippen LogP contribution is 2.48. The van der Waals surface area contributed by atoms with E-state index in [1.54, 1.807) is 36.3 Å². The van der Waals surface area contributed by atoms with Gasteiger partial charge in [-0.1, -0.05) is 29.8 Å². The second-order valence-electron chi connectivity index (χ2n) is 11.8. The van der Waals surface area contributed by atoms with Crippen LogP contribution in [0.3, 0.4) is 0 Å². The molecular formula is C34H30ClF2IN2O5. The summed E-state index contributed by atoms with van der Waals surface area (Å²) in [6.45, 7) is 6.60. The zero-order chi connectivity index (χ0) is 32.0. The lowest BCUT2D eigenvalue weighted by molar-refractivity contribution is 0.0260. The number of ether oxygens (including phenoxy) is 4. The molecule has 0 saturated heterocycles. The first-order valence-corrected chi connectivity index (χ1v) is 15.8. The van der Waals surface area contributed by atoms with Crippen molar-refractivity contribution >= 4 is 56.8 Å². The number of halogens is 4. The van der Waals surface area contributed by atoms with Crippen molar-refractivity contribution in [3.05, 3.63) is 85.6 Å². The number of aromatic nitrogens is 1.